The summed E-state index contributed by atoms with van der Waals surface area (Å²) >= 11 is 0. The van der Waals surface area contributed by atoms with Crippen molar-refractivity contribution in [3.05, 3.63) is 42.7 Å². The fraction of sp³-hybridized carbons (Fsp3) is 0. The highest BCUT2D eigenvalue weighted by molar-refractivity contribution is 6.33. The van der Waals surface area contributed by atoms with Gasteiger partial charge in [-0.25, -0.2) is 0 Å². The van der Waals surface area contributed by atoms with E-state index in [2.05, 4.69) is 0 Å². The first kappa shape index (κ1) is 9.83. The molecule has 2 N–H and O–H groups in total. The first-order valence-electron chi connectivity index (χ1n) is 4.42. The van der Waals surface area contributed by atoms with Crippen LogP contribution in [0.2, 0.25) is 0 Å². The molecule has 2 rings (SSSR count). The van der Waals surface area contributed by atoms with Gasteiger partial charge in [0.05, 0.1) is 6.26 Å². The predicted octanol–water partition coefficient (Wildman–Crippen LogP) is 1.29. The molecule has 0 aliphatic rings. The highest BCUT2D eigenvalue weighted by Crippen LogP contribution is 2.24. The van der Waals surface area contributed by atoms with E-state index < -0.39 is 7.32 Å². The summed E-state index contributed by atoms with van der Waals surface area (Å²) in [5.41, 5.74) is 0.818. The normalized spacial score (nSPS) is 10.0. The summed E-state index contributed by atoms with van der Waals surface area (Å²) in [4.78, 5) is 0. The van der Waals surface area contributed by atoms with E-state index in [0.717, 1.165) is 5.56 Å². The molecule has 0 aliphatic carbocycles. The molecule has 0 radical (unpaired) electrons. The van der Waals surface area contributed by atoms with Gasteiger partial charge in [-0.3, -0.25) is 0 Å². The summed E-state index contributed by atoms with van der Waals surface area (Å²) in [6.45, 7) is 0. The Morgan fingerprint density at radius 2 is 2.00 bits per heavy atom. The smallest absolute Gasteiger partial charge is 0.512 e. The zero-order valence-corrected chi connectivity index (χ0v) is 7.83. The number of benzene rings is 1. The summed E-state index contributed by atoms with van der Waals surface area (Å²) in [6.07, 6.45) is 1.57. The molecule has 2 aromatic rings. The van der Waals surface area contributed by atoms with Crippen LogP contribution in [0.3, 0.4) is 0 Å². The minimum atomic E-state index is -1.81. The molecule has 0 saturated heterocycles. The largest absolute Gasteiger partial charge is 0.707 e. The highest BCUT2D eigenvalue weighted by atomic mass is 16.6. The Morgan fingerprint density at radius 1 is 1.13 bits per heavy atom. The Hall–Kier alpha value is -1.72. The standard InChI is InChI=1S/C10H9BO4/c12-11(13)15-9-4-1-3-8(7-9)10-5-2-6-14-10/h1-7,12-13H. The molecule has 0 fully saturated rings. The molecule has 0 amide bonds. The lowest BCUT2D eigenvalue weighted by Gasteiger charge is -2.05. The molecule has 1 aromatic heterocycles. The fourth-order valence-electron chi connectivity index (χ4n) is 1.29. The molecule has 76 valence electrons. The van der Waals surface area contributed by atoms with E-state index >= 15 is 0 Å². The third kappa shape index (κ3) is 2.40. The predicted molar refractivity (Wildman–Crippen MR) is 55.0 cm³/mol. The molecule has 4 nitrogen and oxygen atoms in total. The lowest BCUT2D eigenvalue weighted by atomic mass is 10.1. The van der Waals surface area contributed by atoms with Gasteiger partial charge >= 0.3 is 7.32 Å². The highest BCUT2D eigenvalue weighted by Gasteiger charge is 2.11. The molecule has 1 aromatic carbocycles. The van der Waals surface area contributed by atoms with Crippen LogP contribution in [-0.4, -0.2) is 17.4 Å². The lowest BCUT2D eigenvalue weighted by Crippen LogP contribution is -2.20. The second kappa shape index (κ2) is 4.21. The van der Waals surface area contributed by atoms with Crippen LogP contribution in [0.25, 0.3) is 11.3 Å². The minimum Gasteiger partial charge on any atom is -0.512 e. The maximum atomic E-state index is 8.64. The SMILES string of the molecule is OB(O)Oc1cccc(-c2ccco2)c1. The zero-order valence-electron chi connectivity index (χ0n) is 7.83. The Kier molecular flexibility index (Phi) is 2.76. The minimum absolute atomic E-state index is 0.374. The van der Waals surface area contributed by atoms with Crippen LogP contribution < -0.4 is 4.65 Å². The fourth-order valence-corrected chi connectivity index (χ4v) is 1.29. The van der Waals surface area contributed by atoms with Crippen LogP contribution >= 0.6 is 0 Å². The van der Waals surface area contributed by atoms with Crippen molar-refractivity contribution in [2.45, 2.75) is 0 Å². The quantitative estimate of drug-likeness (QED) is 0.739. The number of rotatable bonds is 3. The van der Waals surface area contributed by atoms with Gasteiger partial charge in [0, 0.05) is 5.56 Å². The van der Waals surface area contributed by atoms with Crippen LogP contribution in [0.1, 0.15) is 0 Å². The average Bonchev–Trinajstić information content (AvgIpc) is 2.69. The van der Waals surface area contributed by atoms with E-state index in [1.807, 2.05) is 12.1 Å². The Bertz CT molecular complexity index is 425. The molecule has 0 spiro atoms. The second-order valence-electron chi connectivity index (χ2n) is 2.95. The molecular formula is C10H9BO4. The average molecular weight is 204 g/mol. The molecule has 0 aliphatic heterocycles. The monoisotopic (exact) mass is 204 g/mol. The first-order valence-corrected chi connectivity index (χ1v) is 4.42. The summed E-state index contributed by atoms with van der Waals surface area (Å²) < 4.78 is 9.92. The van der Waals surface area contributed by atoms with Gasteiger partial charge in [0.25, 0.3) is 0 Å². The topological polar surface area (TPSA) is 62.8 Å². The van der Waals surface area contributed by atoms with Crippen LogP contribution in [0.5, 0.6) is 5.75 Å². The van der Waals surface area contributed by atoms with Gasteiger partial charge in [0.15, 0.2) is 0 Å². The maximum Gasteiger partial charge on any atom is 0.707 e. The van der Waals surface area contributed by atoms with Crippen molar-refractivity contribution >= 4 is 7.32 Å². The molecule has 15 heavy (non-hydrogen) atoms. The van der Waals surface area contributed by atoms with Crippen LogP contribution in [0.4, 0.5) is 0 Å². The van der Waals surface area contributed by atoms with Gasteiger partial charge in [-0.1, -0.05) is 12.1 Å². The van der Waals surface area contributed by atoms with Crippen LogP contribution in [0, 0.1) is 0 Å². The van der Waals surface area contributed by atoms with Crippen molar-refractivity contribution in [2.75, 3.05) is 0 Å². The zero-order chi connectivity index (χ0) is 10.7. The van der Waals surface area contributed by atoms with E-state index in [1.165, 1.54) is 0 Å². The summed E-state index contributed by atoms with van der Waals surface area (Å²) in [5, 5.41) is 17.3. The van der Waals surface area contributed by atoms with E-state index in [-0.39, 0.29) is 0 Å². The molecule has 0 unspecified atom stereocenters. The van der Waals surface area contributed by atoms with Gasteiger partial charge in [0.1, 0.15) is 11.5 Å². The van der Waals surface area contributed by atoms with E-state index in [9.17, 15) is 0 Å². The van der Waals surface area contributed by atoms with Crippen LogP contribution in [0.15, 0.2) is 47.1 Å². The maximum absolute atomic E-state index is 8.64. The van der Waals surface area contributed by atoms with Gasteiger partial charge in [-0.2, -0.15) is 0 Å². The third-order valence-electron chi connectivity index (χ3n) is 1.88. The van der Waals surface area contributed by atoms with Crippen molar-refractivity contribution in [2.24, 2.45) is 0 Å². The van der Waals surface area contributed by atoms with E-state index in [0.29, 0.717) is 11.5 Å². The van der Waals surface area contributed by atoms with Gasteiger partial charge < -0.3 is 19.1 Å². The first-order chi connectivity index (χ1) is 7.25. The van der Waals surface area contributed by atoms with Gasteiger partial charge in [0.2, 0.25) is 0 Å². The lowest BCUT2D eigenvalue weighted by molar-refractivity contribution is 0.288. The second-order valence-corrected chi connectivity index (χ2v) is 2.95. The molecular weight excluding hydrogens is 195 g/mol. The van der Waals surface area contributed by atoms with Gasteiger partial charge in [-0.05, 0) is 24.3 Å². The van der Waals surface area contributed by atoms with Crippen molar-refractivity contribution in [3.8, 4) is 17.1 Å². The summed E-state index contributed by atoms with van der Waals surface area (Å²) in [7, 11) is -1.81. The number of furan rings is 1. The Balaban J connectivity index is 2.27. The van der Waals surface area contributed by atoms with E-state index in [4.69, 9.17) is 19.1 Å². The van der Waals surface area contributed by atoms with Gasteiger partial charge in [-0.15, -0.1) is 0 Å². The van der Waals surface area contributed by atoms with Crippen molar-refractivity contribution in [1.29, 1.82) is 0 Å². The van der Waals surface area contributed by atoms with Crippen molar-refractivity contribution < 1.29 is 19.1 Å². The number of hydrogen-bond acceptors (Lipinski definition) is 4. The molecule has 0 atom stereocenters. The summed E-state index contributed by atoms with van der Waals surface area (Å²) in [5.74, 6) is 1.08. The molecule has 5 heteroatoms. The Labute approximate surface area is 86.9 Å². The third-order valence-corrected chi connectivity index (χ3v) is 1.88. The van der Waals surface area contributed by atoms with Crippen molar-refractivity contribution in [1.82, 2.24) is 0 Å². The van der Waals surface area contributed by atoms with Crippen molar-refractivity contribution in [3.63, 3.8) is 0 Å². The molecule has 1 heterocycles. The van der Waals surface area contributed by atoms with Crippen LogP contribution in [-0.2, 0) is 0 Å². The molecule has 0 saturated carbocycles. The summed E-state index contributed by atoms with van der Waals surface area (Å²) in [6, 6.07) is 10.5. The number of hydrogen-bond donors (Lipinski definition) is 2. The molecule has 0 bridgehead atoms. The Morgan fingerprint density at radius 3 is 2.67 bits per heavy atom. The van der Waals surface area contributed by atoms with E-state index in [1.54, 1.807) is 30.5 Å².